The molecule has 30 heavy (non-hydrogen) atoms. The number of rotatable bonds is 8. The van der Waals surface area contributed by atoms with Crippen LogP contribution in [0.25, 0.3) is 0 Å². The van der Waals surface area contributed by atoms with Crippen LogP contribution >= 0.6 is 0 Å². The van der Waals surface area contributed by atoms with Crippen molar-refractivity contribution in [1.82, 2.24) is 14.9 Å². The van der Waals surface area contributed by atoms with Gasteiger partial charge >= 0.3 is 0 Å². The standard InChI is InChI=1S/C26H25N3O/c30-26(25-9-5-4-8-24(25)15-14-21-6-2-1-3-7-21)28-18-22-10-12-23(13-11-22)19-29-17-16-27-20-29/h1-13,16-17,20H,14-15,18-19H2,(H,28,30). The zero-order valence-corrected chi connectivity index (χ0v) is 16.9. The van der Waals surface area contributed by atoms with Crippen molar-refractivity contribution >= 4 is 5.91 Å². The lowest BCUT2D eigenvalue weighted by atomic mass is 9.99. The summed E-state index contributed by atoms with van der Waals surface area (Å²) in [5, 5.41) is 3.06. The summed E-state index contributed by atoms with van der Waals surface area (Å²) < 4.78 is 2.03. The summed E-state index contributed by atoms with van der Waals surface area (Å²) in [7, 11) is 0. The molecule has 0 fully saturated rings. The van der Waals surface area contributed by atoms with Crippen molar-refractivity contribution in [3.63, 3.8) is 0 Å². The molecule has 1 N–H and O–H groups in total. The van der Waals surface area contributed by atoms with Crippen LogP contribution in [0.2, 0.25) is 0 Å². The Morgan fingerprint density at radius 3 is 2.30 bits per heavy atom. The van der Waals surface area contributed by atoms with E-state index in [-0.39, 0.29) is 5.91 Å². The van der Waals surface area contributed by atoms with Gasteiger partial charge in [0, 0.05) is 31.0 Å². The molecule has 3 aromatic carbocycles. The van der Waals surface area contributed by atoms with Crippen molar-refractivity contribution in [3.8, 4) is 0 Å². The second-order valence-electron chi connectivity index (χ2n) is 7.38. The van der Waals surface area contributed by atoms with Crippen LogP contribution in [0.4, 0.5) is 0 Å². The molecule has 0 radical (unpaired) electrons. The maximum atomic E-state index is 12.8. The molecule has 0 spiro atoms. The van der Waals surface area contributed by atoms with E-state index in [0.717, 1.165) is 36.1 Å². The maximum Gasteiger partial charge on any atom is 0.251 e. The highest BCUT2D eigenvalue weighted by Crippen LogP contribution is 2.13. The number of hydrogen-bond donors (Lipinski definition) is 1. The van der Waals surface area contributed by atoms with Gasteiger partial charge < -0.3 is 9.88 Å². The van der Waals surface area contributed by atoms with Crippen molar-refractivity contribution in [1.29, 1.82) is 0 Å². The Morgan fingerprint density at radius 1 is 0.800 bits per heavy atom. The third kappa shape index (κ3) is 5.23. The minimum absolute atomic E-state index is 0.0267. The van der Waals surface area contributed by atoms with E-state index in [1.165, 1.54) is 11.1 Å². The average Bonchev–Trinajstić information content (AvgIpc) is 3.31. The van der Waals surface area contributed by atoms with Gasteiger partial charge in [0.2, 0.25) is 0 Å². The molecule has 4 rings (SSSR count). The smallest absolute Gasteiger partial charge is 0.251 e. The molecule has 0 saturated heterocycles. The summed E-state index contributed by atoms with van der Waals surface area (Å²) in [6.07, 6.45) is 7.30. The van der Waals surface area contributed by atoms with Gasteiger partial charge in [-0.2, -0.15) is 0 Å². The van der Waals surface area contributed by atoms with Crippen molar-refractivity contribution in [3.05, 3.63) is 125 Å². The maximum absolute atomic E-state index is 12.8. The van der Waals surface area contributed by atoms with E-state index in [1.807, 2.05) is 47.4 Å². The summed E-state index contributed by atoms with van der Waals surface area (Å²) in [4.78, 5) is 16.9. The van der Waals surface area contributed by atoms with Crippen LogP contribution in [0, 0.1) is 0 Å². The van der Waals surface area contributed by atoms with Crippen molar-refractivity contribution in [2.75, 3.05) is 0 Å². The fourth-order valence-electron chi connectivity index (χ4n) is 3.51. The number of carbonyl (C=O) groups excluding carboxylic acids is 1. The molecule has 1 aromatic heterocycles. The molecular formula is C26H25N3O. The van der Waals surface area contributed by atoms with Crippen LogP contribution in [-0.4, -0.2) is 15.5 Å². The van der Waals surface area contributed by atoms with Gasteiger partial charge in [-0.3, -0.25) is 4.79 Å². The molecule has 0 atom stereocenters. The molecule has 0 unspecified atom stereocenters. The molecule has 4 heteroatoms. The lowest BCUT2D eigenvalue weighted by Crippen LogP contribution is -2.24. The van der Waals surface area contributed by atoms with Crippen molar-refractivity contribution in [2.45, 2.75) is 25.9 Å². The number of aromatic nitrogens is 2. The number of aryl methyl sites for hydroxylation is 2. The van der Waals surface area contributed by atoms with Gasteiger partial charge in [0.05, 0.1) is 6.33 Å². The quantitative estimate of drug-likeness (QED) is 0.472. The van der Waals surface area contributed by atoms with Gasteiger partial charge in [0.1, 0.15) is 0 Å². The summed E-state index contributed by atoms with van der Waals surface area (Å²) in [6.45, 7) is 1.30. The average molecular weight is 396 g/mol. The van der Waals surface area contributed by atoms with Crippen LogP contribution in [0.3, 0.4) is 0 Å². The topological polar surface area (TPSA) is 46.9 Å². The Kier molecular flexibility index (Phi) is 6.35. The number of nitrogens with zero attached hydrogens (tertiary/aromatic N) is 2. The second-order valence-corrected chi connectivity index (χ2v) is 7.38. The normalized spacial score (nSPS) is 10.7. The molecule has 0 aliphatic rings. The zero-order chi connectivity index (χ0) is 20.6. The molecule has 0 aliphatic heterocycles. The molecular weight excluding hydrogens is 370 g/mol. The van der Waals surface area contributed by atoms with Crippen LogP contribution < -0.4 is 5.32 Å². The number of hydrogen-bond acceptors (Lipinski definition) is 2. The minimum atomic E-state index is -0.0267. The third-order valence-electron chi connectivity index (χ3n) is 5.19. The van der Waals surface area contributed by atoms with Crippen LogP contribution in [0.5, 0.6) is 0 Å². The largest absolute Gasteiger partial charge is 0.348 e. The summed E-state index contributed by atoms with van der Waals surface area (Å²) >= 11 is 0. The molecule has 4 nitrogen and oxygen atoms in total. The molecule has 1 heterocycles. The van der Waals surface area contributed by atoms with Crippen LogP contribution in [0.1, 0.15) is 32.6 Å². The van der Waals surface area contributed by atoms with E-state index in [4.69, 9.17) is 0 Å². The fourth-order valence-corrected chi connectivity index (χ4v) is 3.51. The predicted molar refractivity (Wildman–Crippen MR) is 119 cm³/mol. The second kappa shape index (κ2) is 9.70. The van der Waals surface area contributed by atoms with Gasteiger partial charge in [0.15, 0.2) is 0 Å². The predicted octanol–water partition coefficient (Wildman–Crippen LogP) is 4.65. The minimum Gasteiger partial charge on any atom is -0.348 e. The third-order valence-corrected chi connectivity index (χ3v) is 5.19. The molecule has 0 saturated carbocycles. The Hall–Kier alpha value is -3.66. The first-order valence-electron chi connectivity index (χ1n) is 10.2. The van der Waals surface area contributed by atoms with Gasteiger partial charge in [-0.15, -0.1) is 0 Å². The van der Waals surface area contributed by atoms with E-state index < -0.39 is 0 Å². The highest BCUT2D eigenvalue weighted by molar-refractivity contribution is 5.95. The SMILES string of the molecule is O=C(NCc1ccc(Cn2ccnc2)cc1)c1ccccc1CCc1ccccc1. The number of imidazole rings is 1. The van der Waals surface area contributed by atoms with Gasteiger partial charge in [-0.25, -0.2) is 4.98 Å². The number of carbonyl (C=O) groups is 1. The van der Waals surface area contributed by atoms with E-state index >= 15 is 0 Å². The first-order chi connectivity index (χ1) is 14.8. The van der Waals surface area contributed by atoms with E-state index in [2.05, 4.69) is 58.8 Å². The van der Waals surface area contributed by atoms with Crippen LogP contribution in [-0.2, 0) is 25.9 Å². The molecule has 1 amide bonds. The highest BCUT2D eigenvalue weighted by atomic mass is 16.1. The van der Waals surface area contributed by atoms with Gasteiger partial charge in [-0.1, -0.05) is 72.8 Å². The van der Waals surface area contributed by atoms with E-state index in [0.29, 0.717) is 6.54 Å². The Bertz CT molecular complexity index is 1070. The lowest BCUT2D eigenvalue weighted by Gasteiger charge is -2.11. The van der Waals surface area contributed by atoms with E-state index in [1.54, 1.807) is 6.20 Å². The summed E-state index contributed by atoms with van der Waals surface area (Å²) in [5.74, 6) is -0.0267. The zero-order valence-electron chi connectivity index (χ0n) is 16.9. The fraction of sp³-hybridized carbons (Fsp3) is 0.154. The Labute approximate surface area is 177 Å². The number of amides is 1. The Balaban J connectivity index is 1.35. The summed E-state index contributed by atoms with van der Waals surface area (Å²) in [5.41, 5.74) is 5.40. The monoisotopic (exact) mass is 395 g/mol. The van der Waals surface area contributed by atoms with E-state index in [9.17, 15) is 4.79 Å². The molecule has 4 aromatic rings. The lowest BCUT2D eigenvalue weighted by molar-refractivity contribution is 0.0950. The van der Waals surface area contributed by atoms with Gasteiger partial charge in [-0.05, 0) is 41.2 Å². The van der Waals surface area contributed by atoms with Crippen LogP contribution in [0.15, 0.2) is 97.6 Å². The first-order valence-corrected chi connectivity index (χ1v) is 10.2. The van der Waals surface area contributed by atoms with Crippen molar-refractivity contribution in [2.24, 2.45) is 0 Å². The highest BCUT2D eigenvalue weighted by Gasteiger charge is 2.10. The van der Waals surface area contributed by atoms with Gasteiger partial charge in [0.25, 0.3) is 5.91 Å². The molecule has 0 aliphatic carbocycles. The summed E-state index contributed by atoms with van der Waals surface area (Å²) in [6, 6.07) is 26.6. The number of benzene rings is 3. The molecule has 150 valence electrons. The Morgan fingerprint density at radius 2 is 1.53 bits per heavy atom. The first kappa shape index (κ1) is 19.6. The molecule has 0 bridgehead atoms. The van der Waals surface area contributed by atoms with Crippen molar-refractivity contribution < 1.29 is 4.79 Å². The number of nitrogens with one attached hydrogen (secondary N) is 1.